The van der Waals surface area contributed by atoms with E-state index in [-0.39, 0.29) is 0 Å². The zero-order chi connectivity index (χ0) is 12.1. The Morgan fingerprint density at radius 2 is 2.29 bits per heavy atom. The number of nitrogens with zero attached hydrogens (tertiary/aromatic N) is 3. The number of aromatic nitrogens is 2. The Morgan fingerprint density at radius 1 is 1.47 bits per heavy atom. The molecule has 2 rings (SSSR count). The molecule has 96 valence electrons. The van der Waals surface area contributed by atoms with Gasteiger partial charge in [-0.2, -0.15) is 5.10 Å². The molecular weight excluding hydrogens is 234 g/mol. The second kappa shape index (κ2) is 6.41. The first-order chi connectivity index (χ1) is 8.29. The number of aryl methyl sites for hydroxylation is 1. The Kier molecular flexibility index (Phi) is 4.86. The minimum atomic E-state index is 0.774. The molecule has 0 radical (unpaired) electrons. The lowest BCUT2D eigenvalue weighted by Gasteiger charge is -2.37. The average Bonchev–Trinajstić information content (AvgIpc) is 2.65. The maximum Gasteiger partial charge on any atom is 0.0522 e. The molecule has 0 atom stereocenters. The van der Waals surface area contributed by atoms with Crippen molar-refractivity contribution in [1.29, 1.82) is 0 Å². The predicted molar refractivity (Wildman–Crippen MR) is 71.5 cm³/mol. The Balaban J connectivity index is 1.79. The molecule has 0 aliphatic heterocycles. The minimum Gasteiger partial charge on any atom is -0.300 e. The van der Waals surface area contributed by atoms with Crippen LogP contribution in [0.4, 0.5) is 0 Å². The highest BCUT2D eigenvalue weighted by Crippen LogP contribution is 2.25. The molecule has 1 aliphatic rings. The third-order valence-corrected chi connectivity index (χ3v) is 3.88. The number of halogens is 1. The second-order valence-corrected chi connectivity index (χ2v) is 5.31. The van der Waals surface area contributed by atoms with E-state index in [1.165, 1.54) is 24.8 Å². The summed E-state index contributed by atoms with van der Waals surface area (Å²) >= 11 is 5.79. The summed E-state index contributed by atoms with van der Waals surface area (Å²) < 4.78 is 1.88. The molecule has 0 N–H and O–H groups in total. The fourth-order valence-corrected chi connectivity index (χ4v) is 2.48. The van der Waals surface area contributed by atoms with E-state index >= 15 is 0 Å². The van der Waals surface area contributed by atoms with E-state index in [0.29, 0.717) is 0 Å². The first kappa shape index (κ1) is 12.9. The van der Waals surface area contributed by atoms with Crippen molar-refractivity contribution in [2.45, 2.75) is 38.1 Å². The van der Waals surface area contributed by atoms with Gasteiger partial charge in [-0.25, -0.2) is 0 Å². The first-order valence-corrected chi connectivity index (χ1v) is 7.10. The number of rotatable bonds is 7. The van der Waals surface area contributed by atoms with E-state index < -0.39 is 0 Å². The van der Waals surface area contributed by atoms with Gasteiger partial charge in [-0.05, 0) is 37.8 Å². The van der Waals surface area contributed by atoms with Crippen LogP contribution in [0.1, 0.15) is 31.2 Å². The van der Waals surface area contributed by atoms with Gasteiger partial charge in [-0.1, -0.05) is 6.42 Å². The van der Waals surface area contributed by atoms with Gasteiger partial charge in [0.05, 0.1) is 6.20 Å². The van der Waals surface area contributed by atoms with E-state index in [4.69, 9.17) is 11.6 Å². The lowest BCUT2D eigenvalue weighted by atomic mass is 9.91. The molecule has 1 aliphatic carbocycles. The smallest absolute Gasteiger partial charge is 0.0522 e. The van der Waals surface area contributed by atoms with E-state index in [9.17, 15) is 0 Å². The van der Waals surface area contributed by atoms with Crippen LogP contribution < -0.4 is 0 Å². The number of hydrogen-bond donors (Lipinski definition) is 0. The predicted octanol–water partition coefficient (Wildman–Crippen LogP) is 2.45. The molecule has 0 spiro atoms. The molecule has 4 heteroatoms. The highest BCUT2D eigenvalue weighted by Gasteiger charge is 2.24. The molecular formula is C13H22ClN3. The first-order valence-electron chi connectivity index (χ1n) is 6.57. The van der Waals surface area contributed by atoms with Gasteiger partial charge < -0.3 is 4.90 Å². The summed E-state index contributed by atoms with van der Waals surface area (Å²) in [4.78, 5) is 2.61. The quantitative estimate of drug-likeness (QED) is 0.698. The molecule has 3 nitrogen and oxygen atoms in total. The molecule has 0 amide bonds. The zero-order valence-electron chi connectivity index (χ0n) is 10.6. The standard InChI is InChI=1S/C13H22ClN3/c1-16-11-12(10-15-16)6-9-17(8-3-7-14)13-4-2-5-13/h10-11,13H,2-9H2,1H3. The van der Waals surface area contributed by atoms with Gasteiger partial charge in [-0.15, -0.1) is 11.6 Å². The van der Waals surface area contributed by atoms with Crippen molar-refractivity contribution in [1.82, 2.24) is 14.7 Å². The normalized spacial score (nSPS) is 16.4. The molecule has 17 heavy (non-hydrogen) atoms. The molecule has 0 aromatic carbocycles. The zero-order valence-corrected chi connectivity index (χ0v) is 11.4. The highest BCUT2D eigenvalue weighted by molar-refractivity contribution is 6.17. The summed E-state index contributed by atoms with van der Waals surface area (Å²) in [6.07, 6.45) is 10.4. The Labute approximate surface area is 109 Å². The van der Waals surface area contributed by atoms with Crippen molar-refractivity contribution in [3.63, 3.8) is 0 Å². The van der Waals surface area contributed by atoms with E-state index in [0.717, 1.165) is 37.9 Å². The summed E-state index contributed by atoms with van der Waals surface area (Å²) in [6, 6.07) is 0.815. The number of alkyl halides is 1. The summed E-state index contributed by atoms with van der Waals surface area (Å²) in [6.45, 7) is 2.29. The van der Waals surface area contributed by atoms with Crippen molar-refractivity contribution in [2.75, 3.05) is 19.0 Å². The van der Waals surface area contributed by atoms with Crippen LogP contribution in [0.3, 0.4) is 0 Å². The maximum atomic E-state index is 5.79. The summed E-state index contributed by atoms with van der Waals surface area (Å²) in [5.41, 5.74) is 1.34. The third-order valence-electron chi connectivity index (χ3n) is 3.62. The highest BCUT2D eigenvalue weighted by atomic mass is 35.5. The van der Waals surface area contributed by atoms with Crippen LogP contribution in [-0.4, -0.2) is 39.7 Å². The lowest BCUT2D eigenvalue weighted by molar-refractivity contribution is 0.129. The van der Waals surface area contributed by atoms with Crippen molar-refractivity contribution in [2.24, 2.45) is 7.05 Å². The van der Waals surface area contributed by atoms with Crippen LogP contribution in [0.5, 0.6) is 0 Å². The maximum absolute atomic E-state index is 5.79. The van der Waals surface area contributed by atoms with Crippen molar-refractivity contribution in [3.8, 4) is 0 Å². The van der Waals surface area contributed by atoms with Gasteiger partial charge in [0.25, 0.3) is 0 Å². The molecule has 1 saturated carbocycles. The van der Waals surface area contributed by atoms with Crippen molar-refractivity contribution in [3.05, 3.63) is 18.0 Å². The lowest BCUT2D eigenvalue weighted by Crippen LogP contribution is -2.42. The Morgan fingerprint density at radius 3 is 2.82 bits per heavy atom. The third kappa shape index (κ3) is 3.71. The van der Waals surface area contributed by atoms with E-state index in [2.05, 4.69) is 16.2 Å². The Hall–Kier alpha value is -0.540. The topological polar surface area (TPSA) is 21.1 Å². The fourth-order valence-electron chi connectivity index (χ4n) is 2.37. The van der Waals surface area contributed by atoms with Gasteiger partial charge >= 0.3 is 0 Å². The van der Waals surface area contributed by atoms with E-state index in [1.807, 2.05) is 17.9 Å². The second-order valence-electron chi connectivity index (χ2n) is 4.94. The van der Waals surface area contributed by atoms with Crippen LogP contribution in [0.2, 0.25) is 0 Å². The SMILES string of the molecule is Cn1cc(CCN(CCCCl)C2CCC2)cn1. The largest absolute Gasteiger partial charge is 0.300 e. The fraction of sp³-hybridized carbons (Fsp3) is 0.769. The molecule has 0 saturated heterocycles. The molecule has 1 fully saturated rings. The molecule has 1 aromatic rings. The van der Waals surface area contributed by atoms with E-state index in [1.54, 1.807) is 0 Å². The summed E-state index contributed by atoms with van der Waals surface area (Å²) in [5, 5.41) is 4.21. The van der Waals surface area contributed by atoms with Gasteiger partial charge in [0.1, 0.15) is 0 Å². The average molecular weight is 256 g/mol. The molecule has 1 aromatic heterocycles. The van der Waals surface area contributed by atoms with Gasteiger partial charge in [0.15, 0.2) is 0 Å². The van der Waals surface area contributed by atoms with Gasteiger partial charge in [0, 0.05) is 31.7 Å². The molecule has 0 unspecified atom stereocenters. The van der Waals surface area contributed by atoms with Crippen LogP contribution in [0.25, 0.3) is 0 Å². The minimum absolute atomic E-state index is 0.774. The van der Waals surface area contributed by atoms with Crippen LogP contribution in [0, 0.1) is 0 Å². The van der Waals surface area contributed by atoms with Gasteiger partial charge in [-0.3, -0.25) is 4.68 Å². The van der Waals surface area contributed by atoms with Gasteiger partial charge in [0.2, 0.25) is 0 Å². The number of hydrogen-bond acceptors (Lipinski definition) is 2. The van der Waals surface area contributed by atoms with Crippen LogP contribution in [-0.2, 0) is 13.5 Å². The molecule has 0 bridgehead atoms. The van der Waals surface area contributed by atoms with Crippen molar-refractivity contribution < 1.29 is 0 Å². The van der Waals surface area contributed by atoms with Crippen molar-refractivity contribution >= 4 is 11.6 Å². The van der Waals surface area contributed by atoms with Crippen LogP contribution >= 0.6 is 11.6 Å². The summed E-state index contributed by atoms with van der Waals surface area (Å²) in [7, 11) is 1.97. The monoisotopic (exact) mass is 255 g/mol. The van der Waals surface area contributed by atoms with Crippen LogP contribution in [0.15, 0.2) is 12.4 Å². The Bertz CT molecular complexity index is 333. The summed E-state index contributed by atoms with van der Waals surface area (Å²) in [5.74, 6) is 0.774. The molecule has 1 heterocycles.